The number of aryl methyl sites for hydroxylation is 1. The molecule has 1 aliphatic rings. The zero-order valence-electron chi connectivity index (χ0n) is 20.4. The maximum atomic E-state index is 13.3. The van der Waals surface area contributed by atoms with Crippen LogP contribution in [0.2, 0.25) is 5.15 Å². The van der Waals surface area contributed by atoms with E-state index in [9.17, 15) is 9.59 Å². The third kappa shape index (κ3) is 5.14. The molecular weight excluding hydrogens is 486 g/mol. The number of rotatable bonds is 7. The Morgan fingerprint density at radius 3 is 2.78 bits per heavy atom. The Hall–Kier alpha value is -3.64. The van der Waals surface area contributed by atoms with E-state index in [2.05, 4.69) is 20.6 Å². The average Bonchev–Trinajstić information content (AvgIpc) is 3.01. The number of aromatic nitrogens is 4. The van der Waals surface area contributed by atoms with E-state index < -0.39 is 5.91 Å². The molecule has 0 unspecified atom stereocenters. The summed E-state index contributed by atoms with van der Waals surface area (Å²) in [6, 6.07) is 5.70. The number of carbonyl (C=O) groups excluding carboxylic acids is 2. The number of carbonyl (C=O) groups is 2. The van der Waals surface area contributed by atoms with Crippen molar-refractivity contribution in [1.82, 2.24) is 30.1 Å². The van der Waals surface area contributed by atoms with Crippen LogP contribution in [0.15, 0.2) is 18.2 Å². The van der Waals surface area contributed by atoms with Gasteiger partial charge >= 0.3 is 0 Å². The number of amides is 2. The number of nitrogen functional groups attached to an aromatic ring is 2. The first-order chi connectivity index (χ1) is 17.3. The number of nitrogens with two attached hydrogens (primary N) is 2. The third-order valence-electron chi connectivity index (χ3n) is 6.22. The van der Waals surface area contributed by atoms with Crippen LogP contribution in [0.1, 0.15) is 29.7 Å². The Balaban J connectivity index is 1.69. The normalized spacial score (nSPS) is 14.0. The van der Waals surface area contributed by atoms with E-state index in [0.717, 1.165) is 36.4 Å². The van der Waals surface area contributed by atoms with Gasteiger partial charge in [0.15, 0.2) is 40.1 Å². The monoisotopic (exact) mass is 516 g/mol. The molecule has 1 fully saturated rings. The van der Waals surface area contributed by atoms with Crippen molar-refractivity contribution in [3.8, 4) is 5.75 Å². The molecule has 36 heavy (non-hydrogen) atoms. The number of hydrogen-bond donors (Lipinski definition) is 4. The van der Waals surface area contributed by atoms with Gasteiger partial charge in [0.25, 0.3) is 17.6 Å². The highest BCUT2D eigenvalue weighted by Gasteiger charge is 2.29. The number of ether oxygens (including phenoxy) is 1. The lowest BCUT2D eigenvalue weighted by atomic mass is 10.3. The van der Waals surface area contributed by atoms with Crippen LogP contribution >= 0.6 is 11.6 Å². The molecule has 0 atom stereocenters. The van der Waals surface area contributed by atoms with Crippen molar-refractivity contribution in [3.05, 3.63) is 34.9 Å². The van der Waals surface area contributed by atoms with Crippen molar-refractivity contribution >= 4 is 46.1 Å². The Kier molecular flexibility index (Phi) is 7.75. The first-order valence-electron chi connectivity index (χ1n) is 11.8. The van der Waals surface area contributed by atoms with Crippen LogP contribution < -0.4 is 31.4 Å². The van der Waals surface area contributed by atoms with Gasteiger partial charge in [-0.25, -0.2) is 19.1 Å². The predicted molar refractivity (Wildman–Crippen MR) is 135 cm³/mol. The van der Waals surface area contributed by atoms with Crippen LogP contribution in [0.3, 0.4) is 0 Å². The van der Waals surface area contributed by atoms with Crippen LogP contribution in [0.4, 0.5) is 11.6 Å². The molecule has 1 aliphatic heterocycles. The molecule has 192 valence electrons. The number of methoxy groups -OCH3 is 1. The van der Waals surface area contributed by atoms with E-state index in [4.69, 9.17) is 27.8 Å². The van der Waals surface area contributed by atoms with Gasteiger partial charge in [0.1, 0.15) is 12.3 Å². The van der Waals surface area contributed by atoms with Crippen molar-refractivity contribution in [2.75, 3.05) is 44.8 Å². The van der Waals surface area contributed by atoms with Crippen LogP contribution in [-0.2, 0) is 24.4 Å². The summed E-state index contributed by atoms with van der Waals surface area (Å²) in [6.45, 7) is 5.87. The van der Waals surface area contributed by atoms with Crippen LogP contribution in [0.25, 0.3) is 11.0 Å². The molecule has 4 rings (SSSR count). The SMILES string of the molecule is CCn1c(CNC(=O)c2nc(Cl)c(N)nc2N)[n+](CC(=O)N2CCCNCC2)c2ccc(OC)cc21. The molecule has 13 heteroatoms. The van der Waals surface area contributed by atoms with Crippen molar-refractivity contribution in [2.24, 2.45) is 0 Å². The zero-order valence-corrected chi connectivity index (χ0v) is 21.1. The van der Waals surface area contributed by atoms with E-state index in [1.54, 1.807) is 7.11 Å². The molecule has 2 aromatic heterocycles. The molecule has 0 aliphatic carbocycles. The first-order valence-corrected chi connectivity index (χ1v) is 12.2. The molecule has 3 aromatic rings. The second-order valence-electron chi connectivity index (χ2n) is 8.40. The molecule has 12 nitrogen and oxygen atoms in total. The molecule has 0 saturated carbocycles. The van der Waals surface area contributed by atoms with Crippen molar-refractivity contribution in [1.29, 1.82) is 0 Å². The number of nitrogens with one attached hydrogen (secondary N) is 2. The van der Waals surface area contributed by atoms with Gasteiger partial charge in [0.2, 0.25) is 0 Å². The molecule has 0 radical (unpaired) electrons. The number of anilines is 2. The van der Waals surface area contributed by atoms with Gasteiger partial charge in [-0.1, -0.05) is 11.6 Å². The Labute approximate surface area is 213 Å². The number of hydrogen-bond acceptors (Lipinski definition) is 8. The summed E-state index contributed by atoms with van der Waals surface area (Å²) in [7, 11) is 1.61. The molecule has 2 amide bonds. The molecule has 0 spiro atoms. The zero-order chi connectivity index (χ0) is 25.8. The maximum absolute atomic E-state index is 13.3. The van der Waals surface area contributed by atoms with Crippen molar-refractivity contribution in [3.63, 3.8) is 0 Å². The largest absolute Gasteiger partial charge is 0.497 e. The van der Waals surface area contributed by atoms with Gasteiger partial charge in [-0.2, -0.15) is 0 Å². The number of nitrogens with zero attached hydrogens (tertiary/aromatic N) is 5. The van der Waals surface area contributed by atoms with Gasteiger partial charge < -0.3 is 31.7 Å². The fourth-order valence-electron chi connectivity index (χ4n) is 4.40. The Morgan fingerprint density at radius 1 is 1.22 bits per heavy atom. The van der Waals surface area contributed by atoms with E-state index >= 15 is 0 Å². The lowest BCUT2D eigenvalue weighted by Gasteiger charge is -2.19. The number of fused-ring (bicyclic) bond motifs is 1. The predicted octanol–water partition coefficient (Wildman–Crippen LogP) is 0.317. The van der Waals surface area contributed by atoms with Gasteiger partial charge in [0, 0.05) is 25.7 Å². The smallest absolute Gasteiger partial charge is 0.277 e. The minimum Gasteiger partial charge on any atom is -0.497 e. The summed E-state index contributed by atoms with van der Waals surface area (Å²) in [4.78, 5) is 36.0. The van der Waals surface area contributed by atoms with E-state index in [1.807, 2.05) is 39.2 Å². The summed E-state index contributed by atoms with van der Waals surface area (Å²) in [5.74, 6) is 0.732. The number of benzene rings is 1. The fourth-order valence-corrected chi connectivity index (χ4v) is 4.53. The lowest BCUT2D eigenvalue weighted by Crippen LogP contribution is -2.49. The van der Waals surface area contributed by atoms with Gasteiger partial charge in [0.05, 0.1) is 13.7 Å². The minimum absolute atomic E-state index is 0.0164. The summed E-state index contributed by atoms with van der Waals surface area (Å²) >= 11 is 5.94. The number of imidazole rings is 1. The quantitative estimate of drug-likeness (QED) is 0.327. The highest BCUT2D eigenvalue weighted by atomic mass is 35.5. The van der Waals surface area contributed by atoms with Gasteiger partial charge in [-0.3, -0.25) is 9.59 Å². The summed E-state index contributed by atoms with van der Waals surface area (Å²) in [6.07, 6.45) is 0.903. The van der Waals surface area contributed by atoms with Crippen molar-refractivity contribution in [2.45, 2.75) is 33.0 Å². The molecule has 3 heterocycles. The molecule has 0 bridgehead atoms. The average molecular weight is 517 g/mol. The highest BCUT2D eigenvalue weighted by molar-refractivity contribution is 6.31. The molecule has 1 aromatic carbocycles. The van der Waals surface area contributed by atoms with E-state index in [-0.39, 0.29) is 41.5 Å². The second kappa shape index (κ2) is 11.0. The van der Waals surface area contributed by atoms with Gasteiger partial charge in [-0.15, -0.1) is 0 Å². The van der Waals surface area contributed by atoms with Crippen molar-refractivity contribution < 1.29 is 18.9 Å². The second-order valence-corrected chi connectivity index (χ2v) is 8.76. The standard InChI is InChI=1S/C23H30ClN9O3/c1-3-32-16-11-14(36-2)5-6-15(16)33(13-18(34)31-9-4-7-27-8-10-31)17(32)12-28-23(35)19-21(25)30-22(26)20(24)29-19/h5-6,11,27H,3-4,7-10,12-13H2,1-2H3,(H4-,25,26,28,30,35)/p+1. The number of halogens is 1. The summed E-state index contributed by atoms with van der Waals surface area (Å²) < 4.78 is 9.40. The Morgan fingerprint density at radius 2 is 2.03 bits per heavy atom. The highest BCUT2D eigenvalue weighted by Crippen LogP contribution is 2.22. The third-order valence-corrected chi connectivity index (χ3v) is 6.49. The summed E-state index contributed by atoms with van der Waals surface area (Å²) in [5, 5.41) is 6.06. The van der Waals surface area contributed by atoms with Gasteiger partial charge in [-0.05, 0) is 32.0 Å². The minimum atomic E-state index is -0.552. The maximum Gasteiger partial charge on any atom is 0.277 e. The van der Waals surface area contributed by atoms with Crippen LogP contribution in [0.5, 0.6) is 5.75 Å². The molecular formula is C23H31ClN9O3+. The topological polar surface area (TPSA) is 157 Å². The summed E-state index contributed by atoms with van der Waals surface area (Å²) in [5.41, 5.74) is 13.1. The Bertz CT molecular complexity index is 1290. The fraction of sp³-hybridized carbons (Fsp3) is 0.435. The first kappa shape index (κ1) is 25.5. The van der Waals surface area contributed by atoms with E-state index in [0.29, 0.717) is 25.4 Å². The van der Waals surface area contributed by atoms with Crippen LogP contribution in [0, 0.1) is 0 Å². The van der Waals surface area contributed by atoms with Crippen LogP contribution in [-0.4, -0.2) is 64.5 Å². The molecule has 6 N–H and O–H groups in total. The molecule has 1 saturated heterocycles. The van der Waals surface area contributed by atoms with E-state index in [1.165, 1.54) is 0 Å². The lowest BCUT2D eigenvalue weighted by molar-refractivity contribution is -0.668.